The van der Waals surface area contributed by atoms with Gasteiger partial charge in [0.1, 0.15) is 5.00 Å². The highest BCUT2D eigenvalue weighted by molar-refractivity contribution is 7.92. The van der Waals surface area contributed by atoms with Crippen molar-refractivity contribution in [3.05, 3.63) is 69.6 Å². The van der Waals surface area contributed by atoms with Crippen molar-refractivity contribution in [2.45, 2.75) is 32.2 Å². The van der Waals surface area contributed by atoms with Gasteiger partial charge in [-0.3, -0.25) is 14.3 Å². The molecule has 9 nitrogen and oxygen atoms in total. The third-order valence-electron chi connectivity index (χ3n) is 5.94. The Kier molecular flexibility index (Phi) is 6.59. The first-order valence-corrected chi connectivity index (χ1v) is 14.2. The number of rotatable bonds is 7. The van der Waals surface area contributed by atoms with Crippen molar-refractivity contribution >= 4 is 43.9 Å². The minimum atomic E-state index is -3.48. The van der Waals surface area contributed by atoms with Crippen molar-refractivity contribution in [3.8, 4) is 11.5 Å². The van der Waals surface area contributed by atoms with Gasteiger partial charge >= 0.3 is 0 Å². The van der Waals surface area contributed by atoms with Crippen LogP contribution in [0.4, 0.5) is 10.7 Å². The lowest BCUT2D eigenvalue weighted by Crippen LogP contribution is -2.25. The SMILES string of the molecule is CS(=O)(=O)Nc1cccc(C(=O)Nc2sc3c(c2C(=O)NCc2ccc4c(c2)OCO4)CCCC3)c1. The molecule has 3 aromatic rings. The number of carbonyl (C=O) groups is 2. The number of thiophene rings is 1. The maximum Gasteiger partial charge on any atom is 0.256 e. The van der Waals surface area contributed by atoms with Crippen LogP contribution in [0.1, 0.15) is 49.6 Å². The largest absolute Gasteiger partial charge is 0.454 e. The molecule has 0 unspecified atom stereocenters. The van der Waals surface area contributed by atoms with Gasteiger partial charge in [-0.2, -0.15) is 0 Å². The molecule has 36 heavy (non-hydrogen) atoms. The molecule has 1 aromatic heterocycles. The highest BCUT2D eigenvalue weighted by Gasteiger charge is 2.27. The van der Waals surface area contributed by atoms with Crippen molar-refractivity contribution < 1.29 is 27.5 Å². The van der Waals surface area contributed by atoms with Gasteiger partial charge in [-0.1, -0.05) is 12.1 Å². The average Bonchev–Trinajstić information content (AvgIpc) is 3.45. The second-order valence-electron chi connectivity index (χ2n) is 8.69. The Labute approximate surface area is 212 Å². The van der Waals surface area contributed by atoms with E-state index in [2.05, 4.69) is 15.4 Å². The summed E-state index contributed by atoms with van der Waals surface area (Å²) in [6.07, 6.45) is 4.72. The Morgan fingerprint density at radius 1 is 1.00 bits per heavy atom. The quantitative estimate of drug-likeness (QED) is 0.428. The van der Waals surface area contributed by atoms with E-state index in [-0.39, 0.29) is 24.0 Å². The zero-order valence-electron chi connectivity index (χ0n) is 19.6. The number of fused-ring (bicyclic) bond motifs is 2. The van der Waals surface area contributed by atoms with Gasteiger partial charge in [0.05, 0.1) is 11.8 Å². The fourth-order valence-corrected chi connectivity index (χ4v) is 6.17. The minimum Gasteiger partial charge on any atom is -0.454 e. The van der Waals surface area contributed by atoms with Crippen LogP contribution < -0.4 is 24.8 Å². The third kappa shape index (κ3) is 5.31. The molecule has 3 N–H and O–H groups in total. The lowest BCUT2D eigenvalue weighted by atomic mass is 9.95. The number of nitrogens with one attached hydrogen (secondary N) is 3. The molecular formula is C25H25N3O6S2. The van der Waals surface area contributed by atoms with Gasteiger partial charge in [-0.05, 0) is 67.1 Å². The molecule has 188 valence electrons. The molecule has 0 saturated carbocycles. The lowest BCUT2D eigenvalue weighted by molar-refractivity contribution is 0.0951. The molecule has 2 aliphatic rings. The molecule has 0 bridgehead atoms. The first-order valence-electron chi connectivity index (χ1n) is 11.5. The van der Waals surface area contributed by atoms with Crippen LogP contribution in [0.3, 0.4) is 0 Å². The van der Waals surface area contributed by atoms with E-state index in [1.807, 2.05) is 18.2 Å². The molecule has 2 amide bonds. The Morgan fingerprint density at radius 2 is 1.81 bits per heavy atom. The molecule has 0 fully saturated rings. The predicted octanol–water partition coefficient (Wildman–Crippen LogP) is 3.91. The summed E-state index contributed by atoms with van der Waals surface area (Å²) in [5.74, 6) is 0.651. The van der Waals surface area contributed by atoms with E-state index in [0.29, 0.717) is 28.6 Å². The first-order chi connectivity index (χ1) is 17.3. The standard InChI is InChI=1S/C25H25N3O6S2/c1-36(31,32)28-17-6-4-5-16(12-17)23(29)27-25-22(18-7-2-3-8-21(18)35-25)24(30)26-13-15-9-10-19-20(11-15)34-14-33-19/h4-6,9-12,28H,2-3,7-8,13-14H2,1H3,(H,26,30)(H,27,29). The molecule has 0 atom stereocenters. The Morgan fingerprint density at radius 3 is 2.64 bits per heavy atom. The van der Waals surface area contributed by atoms with E-state index in [0.717, 1.165) is 47.9 Å². The van der Waals surface area contributed by atoms with Crippen LogP contribution in [0.2, 0.25) is 0 Å². The van der Waals surface area contributed by atoms with E-state index in [1.54, 1.807) is 18.2 Å². The van der Waals surface area contributed by atoms with Gasteiger partial charge in [0.2, 0.25) is 16.8 Å². The normalized spacial score (nSPS) is 14.1. The Bertz CT molecular complexity index is 1450. The molecule has 2 heterocycles. The zero-order chi connectivity index (χ0) is 25.3. The molecule has 5 rings (SSSR count). The summed E-state index contributed by atoms with van der Waals surface area (Å²) in [4.78, 5) is 27.5. The number of carbonyl (C=O) groups excluding carboxylic acids is 2. The molecule has 0 spiro atoms. The lowest BCUT2D eigenvalue weighted by Gasteiger charge is -2.13. The number of hydrogen-bond donors (Lipinski definition) is 3. The van der Waals surface area contributed by atoms with Crippen molar-refractivity contribution in [1.29, 1.82) is 0 Å². The Balaban J connectivity index is 1.36. The third-order valence-corrected chi connectivity index (χ3v) is 7.76. The monoisotopic (exact) mass is 527 g/mol. The topological polar surface area (TPSA) is 123 Å². The summed E-state index contributed by atoms with van der Waals surface area (Å²) in [6, 6.07) is 11.7. The van der Waals surface area contributed by atoms with Gasteiger partial charge in [0.15, 0.2) is 11.5 Å². The van der Waals surface area contributed by atoms with Crippen LogP contribution in [0.25, 0.3) is 0 Å². The van der Waals surface area contributed by atoms with E-state index < -0.39 is 15.9 Å². The fraction of sp³-hybridized carbons (Fsp3) is 0.280. The van der Waals surface area contributed by atoms with Gasteiger partial charge in [0.25, 0.3) is 11.8 Å². The van der Waals surface area contributed by atoms with Gasteiger partial charge < -0.3 is 20.1 Å². The summed E-state index contributed by atoms with van der Waals surface area (Å²) in [5.41, 5.74) is 2.92. The number of aryl methyl sites for hydroxylation is 1. The van der Waals surface area contributed by atoms with E-state index in [1.165, 1.54) is 17.4 Å². The zero-order valence-corrected chi connectivity index (χ0v) is 21.2. The number of ether oxygens (including phenoxy) is 2. The van der Waals surface area contributed by atoms with Gasteiger partial charge in [-0.15, -0.1) is 11.3 Å². The van der Waals surface area contributed by atoms with Gasteiger partial charge in [-0.25, -0.2) is 8.42 Å². The fourth-order valence-electron chi connectivity index (χ4n) is 4.33. The molecule has 0 radical (unpaired) electrons. The van der Waals surface area contributed by atoms with Crippen molar-refractivity contribution in [2.24, 2.45) is 0 Å². The summed E-state index contributed by atoms with van der Waals surface area (Å²) in [6.45, 7) is 0.481. The van der Waals surface area contributed by atoms with Gasteiger partial charge in [0, 0.05) is 22.7 Å². The molecular weight excluding hydrogens is 502 g/mol. The van der Waals surface area contributed by atoms with E-state index >= 15 is 0 Å². The number of amides is 2. The minimum absolute atomic E-state index is 0.183. The maximum atomic E-state index is 13.3. The summed E-state index contributed by atoms with van der Waals surface area (Å²) in [7, 11) is -3.48. The van der Waals surface area contributed by atoms with Crippen LogP contribution in [-0.2, 0) is 29.4 Å². The molecule has 0 saturated heterocycles. The number of anilines is 2. The summed E-state index contributed by atoms with van der Waals surface area (Å²) in [5, 5.41) is 6.36. The van der Waals surface area contributed by atoms with Crippen molar-refractivity contribution in [2.75, 3.05) is 23.1 Å². The highest BCUT2D eigenvalue weighted by Crippen LogP contribution is 2.38. The Hall–Kier alpha value is -3.57. The number of hydrogen-bond acceptors (Lipinski definition) is 7. The van der Waals surface area contributed by atoms with Crippen LogP contribution in [0.15, 0.2) is 42.5 Å². The maximum absolute atomic E-state index is 13.3. The molecule has 1 aliphatic carbocycles. The highest BCUT2D eigenvalue weighted by atomic mass is 32.2. The predicted molar refractivity (Wildman–Crippen MR) is 138 cm³/mol. The molecule has 11 heteroatoms. The van der Waals surface area contributed by atoms with E-state index in [9.17, 15) is 18.0 Å². The number of benzene rings is 2. The van der Waals surface area contributed by atoms with Crippen LogP contribution >= 0.6 is 11.3 Å². The smallest absolute Gasteiger partial charge is 0.256 e. The average molecular weight is 528 g/mol. The van der Waals surface area contributed by atoms with Crippen LogP contribution in [0.5, 0.6) is 11.5 Å². The molecule has 1 aliphatic heterocycles. The second kappa shape index (κ2) is 9.82. The molecule has 2 aromatic carbocycles. The van der Waals surface area contributed by atoms with Crippen molar-refractivity contribution in [3.63, 3.8) is 0 Å². The van der Waals surface area contributed by atoms with Crippen LogP contribution in [-0.4, -0.2) is 33.3 Å². The second-order valence-corrected chi connectivity index (χ2v) is 11.5. The van der Waals surface area contributed by atoms with Crippen molar-refractivity contribution in [1.82, 2.24) is 5.32 Å². The van der Waals surface area contributed by atoms with Crippen LogP contribution in [0, 0.1) is 0 Å². The number of sulfonamides is 1. The van der Waals surface area contributed by atoms with E-state index in [4.69, 9.17) is 9.47 Å². The first kappa shape index (κ1) is 24.1. The summed E-state index contributed by atoms with van der Waals surface area (Å²) >= 11 is 1.42. The summed E-state index contributed by atoms with van der Waals surface area (Å²) < 4.78 is 36.2.